The third kappa shape index (κ3) is 5.21. The van der Waals surface area contributed by atoms with E-state index in [-0.39, 0.29) is 11.7 Å². The molecule has 3 amide bonds. The average molecular weight is 404 g/mol. The van der Waals surface area contributed by atoms with Gasteiger partial charge in [0.2, 0.25) is 11.8 Å². The number of nitrogens with one attached hydrogen (secondary N) is 3. The van der Waals surface area contributed by atoms with Gasteiger partial charge in [0.25, 0.3) is 5.91 Å². The molecule has 1 fully saturated rings. The van der Waals surface area contributed by atoms with Gasteiger partial charge in [0, 0.05) is 32.7 Å². The summed E-state index contributed by atoms with van der Waals surface area (Å²) in [5.41, 5.74) is 1.25. The second-order valence-electron chi connectivity index (χ2n) is 6.89. The highest BCUT2D eigenvalue weighted by molar-refractivity contribution is 5.92. The maximum absolute atomic E-state index is 14.3. The van der Waals surface area contributed by atoms with Crippen LogP contribution < -0.4 is 20.9 Å². The lowest BCUT2D eigenvalue weighted by Gasteiger charge is -2.33. The lowest BCUT2D eigenvalue weighted by Crippen LogP contribution is -2.35. The molecule has 1 aliphatic heterocycles. The van der Waals surface area contributed by atoms with E-state index in [4.69, 9.17) is 4.52 Å². The Morgan fingerprint density at radius 1 is 1.31 bits per heavy atom. The van der Waals surface area contributed by atoms with E-state index in [0.717, 1.165) is 25.0 Å². The predicted octanol–water partition coefficient (Wildman–Crippen LogP) is 2.17. The predicted molar refractivity (Wildman–Crippen MR) is 105 cm³/mol. The summed E-state index contributed by atoms with van der Waals surface area (Å²) < 4.78 is 19.5. The smallest absolute Gasteiger partial charge is 0.321 e. The number of aromatic nitrogens is 2. The van der Waals surface area contributed by atoms with Gasteiger partial charge in [-0.15, -0.1) is 0 Å². The molecule has 2 aromatic rings. The van der Waals surface area contributed by atoms with Crippen LogP contribution in [0.3, 0.4) is 0 Å². The first-order valence-corrected chi connectivity index (χ1v) is 9.64. The molecule has 3 heterocycles. The minimum absolute atomic E-state index is 0.0618. The summed E-state index contributed by atoms with van der Waals surface area (Å²) in [6, 6.07) is 4.52. The molecule has 0 aliphatic carbocycles. The van der Waals surface area contributed by atoms with Crippen molar-refractivity contribution in [3.8, 4) is 0 Å². The number of pyridine rings is 1. The van der Waals surface area contributed by atoms with Gasteiger partial charge < -0.3 is 20.1 Å². The van der Waals surface area contributed by atoms with Crippen molar-refractivity contribution in [2.45, 2.75) is 26.2 Å². The summed E-state index contributed by atoms with van der Waals surface area (Å²) in [6.07, 6.45) is 2.45. The number of rotatable bonds is 6. The van der Waals surface area contributed by atoms with Crippen LogP contribution in [0.5, 0.6) is 0 Å². The highest BCUT2D eigenvalue weighted by Crippen LogP contribution is 2.27. The van der Waals surface area contributed by atoms with Crippen LogP contribution in [0.2, 0.25) is 0 Å². The maximum atomic E-state index is 14.3. The lowest BCUT2D eigenvalue weighted by atomic mass is 9.92. The van der Waals surface area contributed by atoms with Gasteiger partial charge >= 0.3 is 6.03 Å². The minimum Gasteiger partial charge on any atom is -0.368 e. The van der Waals surface area contributed by atoms with Gasteiger partial charge in [0.1, 0.15) is 5.69 Å². The molecule has 0 radical (unpaired) electrons. The number of urea groups is 1. The number of piperidine rings is 1. The van der Waals surface area contributed by atoms with Crippen LogP contribution in [0.1, 0.15) is 35.9 Å². The third-order valence-corrected chi connectivity index (χ3v) is 4.87. The molecule has 1 aliphatic rings. The fourth-order valence-corrected chi connectivity index (χ4v) is 3.37. The molecule has 9 nitrogen and oxygen atoms in total. The molecule has 0 unspecified atom stereocenters. The summed E-state index contributed by atoms with van der Waals surface area (Å²) in [6.45, 7) is 3.72. The number of anilines is 2. The second-order valence-corrected chi connectivity index (χ2v) is 6.89. The van der Waals surface area contributed by atoms with Gasteiger partial charge in [0.15, 0.2) is 0 Å². The van der Waals surface area contributed by atoms with E-state index in [1.807, 2.05) is 11.8 Å². The van der Waals surface area contributed by atoms with Crippen LogP contribution in [0, 0.1) is 11.9 Å². The number of carbonyl (C=O) groups excluding carboxylic acids is 2. The Morgan fingerprint density at radius 3 is 2.72 bits per heavy atom. The summed E-state index contributed by atoms with van der Waals surface area (Å²) in [7, 11) is 1.48. The molecular weight excluding hydrogens is 379 g/mol. The Balaban J connectivity index is 1.53. The standard InChI is InChI=1S/C19H25FN6O3/c1-3-22-19(28)24-16-11-13(25-29-16)10-12-6-8-26(9-7-12)15-5-4-14(18(27)21-2)23-17(15)20/h4-5,11-12H,3,6-10H2,1-2H3,(H,21,27)(H2,22,24,28). The monoisotopic (exact) mass is 404 g/mol. The molecule has 3 N–H and O–H groups in total. The first-order valence-electron chi connectivity index (χ1n) is 9.64. The Hall–Kier alpha value is -3.17. The van der Waals surface area contributed by atoms with Crippen molar-refractivity contribution in [3.05, 3.63) is 35.5 Å². The number of carbonyl (C=O) groups is 2. The SMILES string of the molecule is CCNC(=O)Nc1cc(CC2CCN(c3ccc(C(=O)NC)nc3F)CC2)no1. The van der Waals surface area contributed by atoms with Crippen LogP contribution in [-0.2, 0) is 6.42 Å². The lowest BCUT2D eigenvalue weighted by molar-refractivity contribution is 0.0957. The molecule has 156 valence electrons. The molecule has 0 saturated carbocycles. The van der Waals surface area contributed by atoms with E-state index >= 15 is 0 Å². The molecule has 29 heavy (non-hydrogen) atoms. The topological polar surface area (TPSA) is 112 Å². The van der Waals surface area contributed by atoms with Crippen LogP contribution in [0.15, 0.2) is 22.7 Å². The van der Waals surface area contributed by atoms with Gasteiger partial charge in [-0.05, 0) is 44.2 Å². The van der Waals surface area contributed by atoms with Crippen molar-refractivity contribution >= 4 is 23.5 Å². The van der Waals surface area contributed by atoms with Gasteiger partial charge in [-0.25, -0.2) is 9.78 Å². The minimum atomic E-state index is -0.637. The van der Waals surface area contributed by atoms with Crippen LogP contribution in [-0.4, -0.2) is 48.8 Å². The van der Waals surface area contributed by atoms with Crippen LogP contribution in [0.4, 0.5) is 20.8 Å². The van der Waals surface area contributed by atoms with Crippen molar-refractivity contribution in [1.82, 2.24) is 20.8 Å². The highest BCUT2D eigenvalue weighted by atomic mass is 19.1. The number of nitrogens with zero attached hydrogens (tertiary/aromatic N) is 3. The van der Waals surface area contributed by atoms with Gasteiger partial charge in [-0.3, -0.25) is 10.1 Å². The molecule has 0 bridgehead atoms. The number of amides is 3. The second kappa shape index (κ2) is 9.35. The molecule has 0 atom stereocenters. The number of halogens is 1. The molecule has 3 rings (SSSR count). The fraction of sp³-hybridized carbons (Fsp3) is 0.474. The molecular formula is C19H25FN6O3. The van der Waals surface area contributed by atoms with E-state index in [2.05, 4.69) is 26.1 Å². The van der Waals surface area contributed by atoms with Gasteiger partial charge in [-0.1, -0.05) is 5.16 Å². The summed E-state index contributed by atoms with van der Waals surface area (Å²) in [5, 5.41) is 11.7. The summed E-state index contributed by atoms with van der Waals surface area (Å²) >= 11 is 0. The number of hydrogen-bond donors (Lipinski definition) is 3. The van der Waals surface area contributed by atoms with Gasteiger partial charge in [-0.2, -0.15) is 4.39 Å². The highest BCUT2D eigenvalue weighted by Gasteiger charge is 2.24. The van der Waals surface area contributed by atoms with E-state index in [1.54, 1.807) is 12.1 Å². The van der Waals surface area contributed by atoms with Crippen molar-refractivity contribution in [2.24, 2.45) is 5.92 Å². The van der Waals surface area contributed by atoms with Crippen LogP contribution >= 0.6 is 0 Å². The molecule has 10 heteroatoms. The Morgan fingerprint density at radius 2 is 2.07 bits per heavy atom. The van der Waals surface area contributed by atoms with E-state index in [0.29, 0.717) is 37.1 Å². The molecule has 0 spiro atoms. The van der Waals surface area contributed by atoms with Gasteiger partial charge in [0.05, 0.1) is 11.4 Å². The largest absolute Gasteiger partial charge is 0.368 e. The summed E-state index contributed by atoms with van der Waals surface area (Å²) in [4.78, 5) is 28.8. The zero-order valence-corrected chi connectivity index (χ0v) is 16.5. The molecule has 1 saturated heterocycles. The zero-order valence-electron chi connectivity index (χ0n) is 16.5. The third-order valence-electron chi connectivity index (χ3n) is 4.87. The van der Waals surface area contributed by atoms with Crippen molar-refractivity contribution in [2.75, 3.05) is 36.9 Å². The first kappa shape index (κ1) is 20.6. The summed E-state index contributed by atoms with van der Waals surface area (Å²) in [5.74, 6) is -0.354. The normalized spacial score (nSPS) is 14.5. The van der Waals surface area contributed by atoms with Crippen molar-refractivity contribution in [1.29, 1.82) is 0 Å². The van der Waals surface area contributed by atoms with E-state index < -0.39 is 11.9 Å². The molecule has 2 aromatic heterocycles. The average Bonchev–Trinajstić information content (AvgIpc) is 3.14. The quantitative estimate of drug-likeness (QED) is 0.636. The Bertz CT molecular complexity index is 863. The van der Waals surface area contributed by atoms with Crippen molar-refractivity contribution in [3.63, 3.8) is 0 Å². The first-order chi connectivity index (χ1) is 14.0. The Labute approximate surface area is 168 Å². The van der Waals surface area contributed by atoms with Crippen molar-refractivity contribution < 1.29 is 18.5 Å². The van der Waals surface area contributed by atoms with E-state index in [9.17, 15) is 14.0 Å². The molecule has 0 aromatic carbocycles. The maximum Gasteiger partial charge on any atom is 0.321 e. The van der Waals surface area contributed by atoms with E-state index in [1.165, 1.54) is 13.1 Å². The number of hydrogen-bond acceptors (Lipinski definition) is 6. The zero-order chi connectivity index (χ0) is 20.8. The fourth-order valence-electron chi connectivity index (χ4n) is 3.37. The van der Waals surface area contributed by atoms with Crippen LogP contribution in [0.25, 0.3) is 0 Å². The Kier molecular flexibility index (Phi) is 6.63.